The maximum absolute atomic E-state index is 6.01. The van der Waals surface area contributed by atoms with Crippen molar-refractivity contribution in [2.75, 3.05) is 0 Å². The molecule has 2 aromatic heterocycles. The Labute approximate surface area is 92.5 Å². The summed E-state index contributed by atoms with van der Waals surface area (Å²) in [5, 5.41) is 1.21. The molecule has 2 aromatic rings. The van der Waals surface area contributed by atoms with Crippen LogP contribution in [0, 0.1) is 0 Å². The smallest absolute Gasteiger partial charge is 0.155 e. The van der Waals surface area contributed by atoms with Gasteiger partial charge in [0.15, 0.2) is 5.65 Å². The zero-order valence-electron chi connectivity index (χ0n) is 7.96. The second-order valence-corrected chi connectivity index (χ2v) is 4.40. The minimum Gasteiger partial charge on any atom is -0.304 e. The highest BCUT2D eigenvalue weighted by atomic mass is 35.5. The van der Waals surface area contributed by atoms with Gasteiger partial charge in [-0.2, -0.15) is 0 Å². The summed E-state index contributed by atoms with van der Waals surface area (Å²) in [5.74, 6) is 0.393. The monoisotopic (exact) mass is 228 g/mol. The number of pyridine rings is 1. The van der Waals surface area contributed by atoms with Crippen molar-refractivity contribution in [3.05, 3.63) is 34.2 Å². The first kappa shape index (κ1) is 9.81. The summed E-state index contributed by atoms with van der Waals surface area (Å²) in [7, 11) is 0. The van der Waals surface area contributed by atoms with Crippen LogP contribution < -0.4 is 0 Å². The third-order valence-corrected chi connectivity index (χ3v) is 2.57. The molecule has 0 radical (unpaired) electrons. The van der Waals surface area contributed by atoms with E-state index in [1.807, 2.05) is 16.8 Å². The molecule has 4 heteroatoms. The quantitative estimate of drug-likeness (QED) is 0.727. The molecule has 0 bridgehead atoms. The van der Waals surface area contributed by atoms with Gasteiger partial charge in [-0.3, -0.25) is 0 Å². The maximum atomic E-state index is 6.01. The van der Waals surface area contributed by atoms with Gasteiger partial charge in [0.1, 0.15) is 0 Å². The molecule has 0 aliphatic heterocycles. The molecule has 0 spiro atoms. The fraction of sp³-hybridized carbons (Fsp3) is 0.300. The predicted molar refractivity (Wildman–Crippen MR) is 59.3 cm³/mol. The lowest BCUT2D eigenvalue weighted by molar-refractivity contribution is 0.834. The Hall–Kier alpha value is -0.730. The van der Waals surface area contributed by atoms with Crippen molar-refractivity contribution in [1.29, 1.82) is 0 Å². The Bertz CT molecular complexity index is 474. The van der Waals surface area contributed by atoms with E-state index in [0.717, 1.165) is 11.3 Å². The minimum absolute atomic E-state index is 0.393. The van der Waals surface area contributed by atoms with Crippen molar-refractivity contribution in [2.24, 2.45) is 0 Å². The van der Waals surface area contributed by atoms with E-state index in [4.69, 9.17) is 23.2 Å². The summed E-state index contributed by atoms with van der Waals surface area (Å²) >= 11 is 11.9. The number of aromatic nitrogens is 2. The minimum atomic E-state index is 0.393. The number of rotatable bonds is 1. The number of hydrogen-bond acceptors (Lipinski definition) is 1. The molecule has 74 valence electrons. The van der Waals surface area contributed by atoms with E-state index < -0.39 is 0 Å². The third kappa shape index (κ3) is 1.60. The molecule has 2 heterocycles. The zero-order valence-corrected chi connectivity index (χ0v) is 9.47. The van der Waals surface area contributed by atoms with E-state index in [1.165, 1.54) is 0 Å². The van der Waals surface area contributed by atoms with Gasteiger partial charge in [-0.25, -0.2) is 4.98 Å². The lowest BCUT2D eigenvalue weighted by Gasteiger charge is -1.95. The van der Waals surface area contributed by atoms with Crippen molar-refractivity contribution in [2.45, 2.75) is 19.8 Å². The van der Waals surface area contributed by atoms with Gasteiger partial charge in [-0.1, -0.05) is 37.0 Å². The molecule has 0 fully saturated rings. The number of halogens is 2. The number of hydrogen-bond donors (Lipinski definition) is 0. The molecule has 0 saturated heterocycles. The zero-order chi connectivity index (χ0) is 10.3. The lowest BCUT2D eigenvalue weighted by atomic mass is 10.2. The fourth-order valence-corrected chi connectivity index (χ4v) is 1.85. The van der Waals surface area contributed by atoms with Crippen LogP contribution in [-0.4, -0.2) is 9.38 Å². The summed E-state index contributed by atoms with van der Waals surface area (Å²) in [5.41, 5.74) is 1.79. The van der Waals surface area contributed by atoms with Crippen molar-refractivity contribution in [1.82, 2.24) is 9.38 Å². The molecular formula is C10H10Cl2N2. The van der Waals surface area contributed by atoms with E-state index in [-0.39, 0.29) is 0 Å². The summed E-state index contributed by atoms with van der Waals surface area (Å²) < 4.78 is 1.86. The highest BCUT2D eigenvalue weighted by Gasteiger charge is 2.08. The van der Waals surface area contributed by atoms with Gasteiger partial charge in [0.25, 0.3) is 0 Å². The summed E-state index contributed by atoms with van der Waals surface area (Å²) in [6, 6.07) is 1.70. The molecule has 0 aromatic carbocycles. The Kier molecular flexibility index (Phi) is 2.41. The van der Waals surface area contributed by atoms with Crippen LogP contribution in [0.25, 0.3) is 5.65 Å². The average molecular weight is 229 g/mol. The van der Waals surface area contributed by atoms with E-state index in [0.29, 0.717) is 16.0 Å². The summed E-state index contributed by atoms with van der Waals surface area (Å²) in [4.78, 5) is 4.43. The Morgan fingerprint density at radius 3 is 2.64 bits per heavy atom. The standard InChI is InChI=1S/C10H10Cl2N2/c1-6(2)9-5-14-4-7(11)3-8(12)10(14)13-9/h3-6H,1-2H3. The van der Waals surface area contributed by atoms with Crippen molar-refractivity contribution >= 4 is 28.8 Å². The third-order valence-electron chi connectivity index (χ3n) is 2.08. The van der Waals surface area contributed by atoms with Crippen LogP contribution in [0.2, 0.25) is 10.0 Å². The van der Waals surface area contributed by atoms with Crippen LogP contribution in [-0.2, 0) is 0 Å². The molecule has 0 aliphatic rings. The van der Waals surface area contributed by atoms with Crippen LogP contribution in [0.3, 0.4) is 0 Å². The summed E-state index contributed by atoms with van der Waals surface area (Å²) in [6.07, 6.45) is 3.76. The molecule has 0 atom stereocenters. The molecule has 0 N–H and O–H groups in total. The van der Waals surface area contributed by atoms with Crippen LogP contribution in [0.1, 0.15) is 25.5 Å². The number of imidazole rings is 1. The van der Waals surface area contributed by atoms with Gasteiger partial charge in [-0.15, -0.1) is 0 Å². The first-order valence-corrected chi connectivity index (χ1v) is 5.17. The Morgan fingerprint density at radius 1 is 1.29 bits per heavy atom. The van der Waals surface area contributed by atoms with Crippen LogP contribution in [0.15, 0.2) is 18.5 Å². The van der Waals surface area contributed by atoms with Crippen LogP contribution >= 0.6 is 23.2 Å². The van der Waals surface area contributed by atoms with Crippen LogP contribution in [0.4, 0.5) is 0 Å². The molecule has 2 nitrogen and oxygen atoms in total. The first-order chi connectivity index (χ1) is 6.58. The lowest BCUT2D eigenvalue weighted by Crippen LogP contribution is -1.84. The second kappa shape index (κ2) is 3.44. The average Bonchev–Trinajstić information content (AvgIpc) is 2.47. The SMILES string of the molecule is CC(C)c1cn2cc(Cl)cc(Cl)c2n1. The van der Waals surface area contributed by atoms with E-state index in [2.05, 4.69) is 18.8 Å². The molecule has 2 rings (SSSR count). The van der Waals surface area contributed by atoms with Gasteiger partial charge in [0, 0.05) is 12.4 Å². The molecule has 0 unspecified atom stereocenters. The van der Waals surface area contributed by atoms with Gasteiger partial charge in [0.05, 0.1) is 15.7 Å². The molecule has 0 amide bonds. The second-order valence-electron chi connectivity index (χ2n) is 3.56. The first-order valence-electron chi connectivity index (χ1n) is 4.41. The normalized spacial score (nSPS) is 11.5. The van der Waals surface area contributed by atoms with E-state index >= 15 is 0 Å². The van der Waals surface area contributed by atoms with Crippen molar-refractivity contribution < 1.29 is 0 Å². The molecule has 0 aliphatic carbocycles. The van der Waals surface area contributed by atoms with Gasteiger partial charge in [0.2, 0.25) is 0 Å². The van der Waals surface area contributed by atoms with Crippen molar-refractivity contribution in [3.8, 4) is 0 Å². The van der Waals surface area contributed by atoms with Gasteiger partial charge >= 0.3 is 0 Å². The van der Waals surface area contributed by atoms with Gasteiger partial charge in [-0.05, 0) is 12.0 Å². The highest BCUT2D eigenvalue weighted by molar-refractivity contribution is 6.36. The van der Waals surface area contributed by atoms with Crippen LogP contribution in [0.5, 0.6) is 0 Å². The van der Waals surface area contributed by atoms with E-state index in [9.17, 15) is 0 Å². The predicted octanol–water partition coefficient (Wildman–Crippen LogP) is 3.76. The number of nitrogens with zero attached hydrogens (tertiary/aromatic N) is 2. The largest absolute Gasteiger partial charge is 0.304 e. The summed E-state index contributed by atoms with van der Waals surface area (Å²) in [6.45, 7) is 4.19. The number of fused-ring (bicyclic) bond motifs is 1. The Morgan fingerprint density at radius 2 is 2.00 bits per heavy atom. The topological polar surface area (TPSA) is 17.3 Å². The van der Waals surface area contributed by atoms with E-state index in [1.54, 1.807) is 6.07 Å². The van der Waals surface area contributed by atoms with Crippen molar-refractivity contribution in [3.63, 3.8) is 0 Å². The fourth-order valence-electron chi connectivity index (χ4n) is 1.32. The molecule has 14 heavy (non-hydrogen) atoms. The van der Waals surface area contributed by atoms with Gasteiger partial charge < -0.3 is 4.40 Å². The highest BCUT2D eigenvalue weighted by Crippen LogP contribution is 2.23. The molecular weight excluding hydrogens is 219 g/mol. The maximum Gasteiger partial charge on any atom is 0.155 e. The molecule has 0 saturated carbocycles. The Balaban J connectivity index is 2.70.